The number of benzene rings is 1. The first-order chi connectivity index (χ1) is 8.16. The highest BCUT2D eigenvalue weighted by Crippen LogP contribution is 2.24. The van der Waals surface area contributed by atoms with E-state index in [0.29, 0.717) is 11.4 Å². The summed E-state index contributed by atoms with van der Waals surface area (Å²) in [7, 11) is 1.93. The largest absolute Gasteiger partial charge is 0.399 e. The van der Waals surface area contributed by atoms with Crippen molar-refractivity contribution in [3.05, 3.63) is 42.2 Å². The molecule has 0 saturated heterocycles. The van der Waals surface area contributed by atoms with E-state index in [1.165, 1.54) is 11.8 Å². The number of aromatic nitrogens is 2. The molecule has 1 aromatic heterocycles. The van der Waals surface area contributed by atoms with Crippen LogP contribution in [0.3, 0.4) is 0 Å². The Bertz CT molecular complexity index is 498. The number of aliphatic hydroxyl groups is 1. The van der Waals surface area contributed by atoms with Crippen LogP contribution in [-0.4, -0.2) is 20.4 Å². The van der Waals surface area contributed by atoms with Gasteiger partial charge in [0.25, 0.3) is 0 Å². The average molecular weight is 249 g/mol. The van der Waals surface area contributed by atoms with Crippen molar-refractivity contribution in [3.63, 3.8) is 0 Å². The molecule has 0 aliphatic carbocycles. The van der Waals surface area contributed by atoms with Gasteiger partial charge in [-0.15, -0.1) is 0 Å². The van der Waals surface area contributed by atoms with E-state index < -0.39 is 6.10 Å². The second-order valence-corrected chi connectivity index (χ2v) is 4.80. The van der Waals surface area contributed by atoms with Crippen molar-refractivity contribution in [2.24, 2.45) is 7.05 Å². The summed E-state index contributed by atoms with van der Waals surface area (Å²) in [5.41, 5.74) is 7.19. The van der Waals surface area contributed by atoms with Gasteiger partial charge in [-0.25, -0.2) is 4.98 Å². The molecule has 0 radical (unpaired) electrons. The molecule has 1 unspecified atom stereocenters. The van der Waals surface area contributed by atoms with E-state index in [2.05, 4.69) is 4.98 Å². The fraction of sp³-hybridized carbons (Fsp3) is 0.250. The monoisotopic (exact) mass is 249 g/mol. The molecule has 1 heterocycles. The van der Waals surface area contributed by atoms with Gasteiger partial charge in [-0.05, 0) is 17.7 Å². The maximum atomic E-state index is 10.0. The number of aryl methyl sites for hydroxylation is 1. The minimum Gasteiger partial charge on any atom is -0.399 e. The molecule has 1 aromatic carbocycles. The fourth-order valence-electron chi connectivity index (χ4n) is 1.51. The molecule has 0 saturated carbocycles. The van der Waals surface area contributed by atoms with Crippen LogP contribution in [0.2, 0.25) is 0 Å². The Morgan fingerprint density at radius 3 is 3.00 bits per heavy atom. The molecular weight excluding hydrogens is 234 g/mol. The number of hydrogen-bond donors (Lipinski definition) is 2. The van der Waals surface area contributed by atoms with E-state index >= 15 is 0 Å². The number of thioether (sulfide) groups is 1. The highest BCUT2D eigenvalue weighted by Gasteiger charge is 2.10. The van der Waals surface area contributed by atoms with Crippen molar-refractivity contribution in [2.75, 3.05) is 11.5 Å². The van der Waals surface area contributed by atoms with Crippen molar-refractivity contribution < 1.29 is 5.11 Å². The van der Waals surface area contributed by atoms with E-state index in [0.717, 1.165) is 10.7 Å². The van der Waals surface area contributed by atoms with Gasteiger partial charge in [0.05, 0.1) is 6.10 Å². The van der Waals surface area contributed by atoms with Gasteiger partial charge in [0.1, 0.15) is 0 Å². The smallest absolute Gasteiger partial charge is 0.167 e. The summed E-state index contributed by atoms with van der Waals surface area (Å²) in [5, 5.41) is 10.9. The number of rotatable bonds is 4. The normalized spacial score (nSPS) is 12.6. The van der Waals surface area contributed by atoms with Crippen LogP contribution in [0.5, 0.6) is 0 Å². The maximum Gasteiger partial charge on any atom is 0.167 e. The predicted octanol–water partition coefficient (Wildman–Crippen LogP) is 1.83. The van der Waals surface area contributed by atoms with E-state index in [1.54, 1.807) is 12.3 Å². The van der Waals surface area contributed by atoms with Crippen molar-refractivity contribution in [1.82, 2.24) is 9.55 Å². The molecular formula is C12H15N3OS. The Kier molecular flexibility index (Phi) is 3.71. The summed E-state index contributed by atoms with van der Waals surface area (Å²) < 4.78 is 1.93. The molecule has 2 aromatic rings. The van der Waals surface area contributed by atoms with Gasteiger partial charge >= 0.3 is 0 Å². The van der Waals surface area contributed by atoms with E-state index in [4.69, 9.17) is 5.73 Å². The molecule has 0 fully saturated rings. The van der Waals surface area contributed by atoms with E-state index in [-0.39, 0.29) is 0 Å². The lowest BCUT2D eigenvalue weighted by Crippen LogP contribution is -2.02. The number of nitrogens with zero attached hydrogens (tertiary/aromatic N) is 2. The molecule has 0 spiro atoms. The van der Waals surface area contributed by atoms with Crippen molar-refractivity contribution in [2.45, 2.75) is 11.3 Å². The van der Waals surface area contributed by atoms with Crippen molar-refractivity contribution in [1.29, 1.82) is 0 Å². The summed E-state index contributed by atoms with van der Waals surface area (Å²) in [6, 6.07) is 7.32. The molecule has 5 heteroatoms. The standard InChI is InChI=1S/C12H15N3OS/c1-15-6-5-14-12(15)17-8-11(16)9-3-2-4-10(13)7-9/h2-7,11,16H,8,13H2,1H3. The third-order valence-electron chi connectivity index (χ3n) is 2.44. The Morgan fingerprint density at radius 2 is 2.35 bits per heavy atom. The zero-order valence-electron chi connectivity index (χ0n) is 9.58. The maximum absolute atomic E-state index is 10.0. The first-order valence-corrected chi connectivity index (χ1v) is 6.29. The number of anilines is 1. The quantitative estimate of drug-likeness (QED) is 0.641. The van der Waals surface area contributed by atoms with Crippen LogP contribution in [0.4, 0.5) is 5.69 Å². The van der Waals surface area contributed by atoms with Gasteiger partial charge < -0.3 is 15.4 Å². The molecule has 0 aliphatic heterocycles. The Balaban J connectivity index is 1.98. The summed E-state index contributed by atoms with van der Waals surface area (Å²) in [6.45, 7) is 0. The molecule has 0 amide bonds. The minimum atomic E-state index is -0.528. The third kappa shape index (κ3) is 3.01. The number of nitrogen functional groups attached to an aromatic ring is 1. The Hall–Kier alpha value is -1.46. The average Bonchev–Trinajstić information content (AvgIpc) is 2.72. The first kappa shape index (κ1) is 12.0. The van der Waals surface area contributed by atoms with Crippen LogP contribution in [0.15, 0.2) is 41.8 Å². The third-order valence-corrected chi connectivity index (χ3v) is 3.58. The van der Waals surface area contributed by atoms with E-state index in [9.17, 15) is 5.11 Å². The first-order valence-electron chi connectivity index (χ1n) is 5.30. The topological polar surface area (TPSA) is 64.1 Å². The fourth-order valence-corrected chi connectivity index (χ4v) is 2.41. The van der Waals surface area contributed by atoms with Gasteiger partial charge in [0, 0.05) is 30.9 Å². The second-order valence-electron chi connectivity index (χ2n) is 3.82. The lowest BCUT2D eigenvalue weighted by molar-refractivity contribution is 0.204. The summed E-state index contributed by atoms with van der Waals surface area (Å²) in [5.74, 6) is 0.564. The summed E-state index contributed by atoms with van der Waals surface area (Å²) in [6.07, 6.45) is 3.10. The van der Waals surface area contributed by atoms with Crippen molar-refractivity contribution >= 4 is 17.4 Å². The Morgan fingerprint density at radius 1 is 1.53 bits per heavy atom. The van der Waals surface area contributed by atoms with Crippen LogP contribution >= 0.6 is 11.8 Å². The number of aliphatic hydroxyl groups excluding tert-OH is 1. The molecule has 90 valence electrons. The zero-order chi connectivity index (χ0) is 12.3. The zero-order valence-corrected chi connectivity index (χ0v) is 10.4. The SMILES string of the molecule is Cn1ccnc1SCC(O)c1cccc(N)c1. The van der Waals surface area contributed by atoms with Crippen LogP contribution in [-0.2, 0) is 7.05 Å². The molecule has 2 rings (SSSR count). The lowest BCUT2D eigenvalue weighted by atomic mass is 10.1. The van der Waals surface area contributed by atoms with Crippen LogP contribution in [0.1, 0.15) is 11.7 Å². The van der Waals surface area contributed by atoms with Crippen LogP contribution in [0.25, 0.3) is 0 Å². The highest BCUT2D eigenvalue weighted by atomic mass is 32.2. The van der Waals surface area contributed by atoms with E-state index in [1.807, 2.05) is 36.0 Å². The van der Waals surface area contributed by atoms with Crippen molar-refractivity contribution in [3.8, 4) is 0 Å². The van der Waals surface area contributed by atoms with Gasteiger partial charge in [0.2, 0.25) is 0 Å². The molecule has 17 heavy (non-hydrogen) atoms. The molecule has 0 bridgehead atoms. The number of nitrogens with two attached hydrogens (primary N) is 1. The molecule has 1 atom stereocenters. The molecule has 4 nitrogen and oxygen atoms in total. The summed E-state index contributed by atoms with van der Waals surface area (Å²) in [4.78, 5) is 4.19. The predicted molar refractivity (Wildman–Crippen MR) is 69.7 cm³/mol. The minimum absolute atomic E-state index is 0.528. The van der Waals surface area contributed by atoms with Gasteiger partial charge in [-0.2, -0.15) is 0 Å². The lowest BCUT2D eigenvalue weighted by Gasteiger charge is -2.10. The van der Waals surface area contributed by atoms with Crippen LogP contribution in [0, 0.1) is 0 Å². The summed E-state index contributed by atoms with van der Waals surface area (Å²) >= 11 is 1.52. The number of imidazole rings is 1. The highest BCUT2D eigenvalue weighted by molar-refractivity contribution is 7.99. The van der Waals surface area contributed by atoms with Crippen LogP contribution < -0.4 is 5.73 Å². The number of hydrogen-bond acceptors (Lipinski definition) is 4. The second kappa shape index (κ2) is 5.25. The van der Waals surface area contributed by atoms with Gasteiger partial charge in [-0.3, -0.25) is 0 Å². The molecule has 0 aliphatic rings. The molecule has 3 N–H and O–H groups in total. The van der Waals surface area contributed by atoms with Gasteiger partial charge in [0.15, 0.2) is 5.16 Å². The Labute approximate surface area is 104 Å². The van der Waals surface area contributed by atoms with Gasteiger partial charge in [-0.1, -0.05) is 23.9 Å².